The lowest BCUT2D eigenvalue weighted by atomic mass is 8.89. The molecule has 0 aromatic rings. The predicted octanol–water partition coefficient (Wildman–Crippen LogP) is -6.74. The Morgan fingerprint density at radius 3 is 2.00 bits per heavy atom. The third-order valence-corrected chi connectivity index (χ3v) is 2.30. The highest BCUT2D eigenvalue weighted by Gasteiger charge is 2.02. The van der Waals surface area contributed by atoms with Gasteiger partial charge in [0.05, 0.1) is 7.74 Å². The fourth-order valence-electron chi connectivity index (χ4n) is 1.45. The average Bonchev–Trinajstić information content (AvgIpc) is 2.15. The van der Waals surface area contributed by atoms with Crippen LogP contribution in [-0.2, 0) is 9.45 Å². The summed E-state index contributed by atoms with van der Waals surface area (Å²) in [6.45, 7) is 1.46. The SMILES string of the molecule is BBBBBBBBBBOC(C)=O. The van der Waals surface area contributed by atoms with Crippen LogP contribution in [0.2, 0.25) is 0 Å². The van der Waals surface area contributed by atoms with Gasteiger partial charge in [0.2, 0.25) is 0 Å². The first-order chi connectivity index (χ1) is 6.77. The van der Waals surface area contributed by atoms with Gasteiger partial charge in [0, 0.05) is 56.4 Å². The van der Waals surface area contributed by atoms with Crippen molar-refractivity contribution in [3.8, 4) is 0 Å². The molecular formula is C2H14B10O2. The fraction of sp³-hybridized carbons (Fsp3) is 0.500. The minimum Gasteiger partial charge on any atom is -0.549 e. The molecule has 0 fully saturated rings. The summed E-state index contributed by atoms with van der Waals surface area (Å²) in [7, 11) is 13.1. The molecule has 0 aliphatic rings. The second-order valence-electron chi connectivity index (χ2n) is 3.81. The van der Waals surface area contributed by atoms with Crippen LogP contribution in [0.25, 0.3) is 0 Å². The van der Waals surface area contributed by atoms with E-state index in [1.54, 1.807) is 0 Å². The molecule has 14 heavy (non-hydrogen) atoms. The van der Waals surface area contributed by atoms with Crippen LogP contribution in [0.15, 0.2) is 0 Å². The van der Waals surface area contributed by atoms with E-state index in [4.69, 9.17) is 4.65 Å². The van der Waals surface area contributed by atoms with Crippen LogP contribution >= 0.6 is 0 Å². The fourth-order valence-corrected chi connectivity index (χ4v) is 1.45. The van der Waals surface area contributed by atoms with E-state index in [1.807, 2.05) is 0 Å². The second-order valence-corrected chi connectivity index (χ2v) is 3.81. The Labute approximate surface area is 94.3 Å². The third-order valence-electron chi connectivity index (χ3n) is 2.30. The van der Waals surface area contributed by atoms with Crippen molar-refractivity contribution in [1.82, 2.24) is 0 Å². The molecule has 64 valence electrons. The first-order valence-corrected chi connectivity index (χ1v) is 5.90. The Kier molecular flexibility index (Phi) is 11.3. The lowest BCUT2D eigenvalue weighted by Crippen LogP contribution is -2.32. The highest BCUT2D eigenvalue weighted by atomic mass is 16.5. The normalized spacial score (nSPS) is 7.50. The molecule has 0 unspecified atom stereocenters. The molecule has 0 amide bonds. The summed E-state index contributed by atoms with van der Waals surface area (Å²) in [5, 5.41) is 0. The highest BCUT2D eigenvalue weighted by molar-refractivity contribution is 7.68. The highest BCUT2D eigenvalue weighted by Crippen LogP contribution is 1.69. The first kappa shape index (κ1) is 14.1. The van der Waals surface area contributed by atoms with Gasteiger partial charge in [-0.2, -0.15) is 0 Å². The standard InChI is InChI=1S/C2H14B10O2/c1-2(13)14-12-11-10-9-8-7-6-5-4-3/h4-12H,3H2,1H3. The topological polar surface area (TPSA) is 26.3 Å². The lowest BCUT2D eigenvalue weighted by Gasteiger charge is -1.96. The van der Waals surface area contributed by atoms with Crippen molar-refractivity contribution in [2.75, 3.05) is 0 Å². The maximum absolute atomic E-state index is 10.4. The Balaban J connectivity index is 2.88. The van der Waals surface area contributed by atoms with Gasteiger partial charge in [0.25, 0.3) is 13.3 Å². The van der Waals surface area contributed by atoms with Crippen molar-refractivity contribution in [2.45, 2.75) is 6.92 Å². The minimum absolute atomic E-state index is 0.159. The lowest BCUT2D eigenvalue weighted by molar-refractivity contribution is -0.131. The van der Waals surface area contributed by atoms with Crippen molar-refractivity contribution in [2.24, 2.45) is 0 Å². The Morgan fingerprint density at radius 1 is 1.00 bits per heavy atom. The van der Waals surface area contributed by atoms with E-state index in [2.05, 4.69) is 7.74 Å². The van der Waals surface area contributed by atoms with E-state index >= 15 is 0 Å². The van der Waals surface area contributed by atoms with Gasteiger partial charge in [-0.15, -0.1) is 0 Å². The van der Waals surface area contributed by atoms with Gasteiger partial charge < -0.3 is 4.65 Å². The summed E-state index contributed by atoms with van der Waals surface area (Å²) in [4.78, 5) is 10.4. The molecule has 0 aliphatic carbocycles. The van der Waals surface area contributed by atoms with E-state index in [0.29, 0.717) is 7.37 Å². The van der Waals surface area contributed by atoms with Crippen LogP contribution in [0.5, 0.6) is 0 Å². The van der Waals surface area contributed by atoms with Crippen LogP contribution in [0, 0.1) is 0 Å². The molecule has 0 atom stereocenters. The van der Waals surface area contributed by atoms with Crippen LogP contribution < -0.4 is 0 Å². The van der Waals surface area contributed by atoms with Gasteiger partial charge in [0.15, 0.2) is 0 Å². The summed E-state index contributed by atoms with van der Waals surface area (Å²) in [6, 6.07) is 0. The number of carbonyl (C=O) groups excluding carboxylic acids is 1. The van der Waals surface area contributed by atoms with E-state index in [1.165, 1.54) is 56.4 Å². The van der Waals surface area contributed by atoms with Crippen molar-refractivity contribution in [3.63, 3.8) is 0 Å². The molecule has 0 saturated heterocycles. The molecule has 0 radical (unpaired) electrons. The molecular weight excluding hydrogens is 164 g/mol. The van der Waals surface area contributed by atoms with Crippen molar-refractivity contribution >= 4 is 77.6 Å². The van der Waals surface area contributed by atoms with Crippen molar-refractivity contribution < 1.29 is 9.45 Å². The summed E-state index contributed by atoms with van der Waals surface area (Å²) in [6.07, 6.45) is 0. The van der Waals surface area contributed by atoms with E-state index in [0.717, 1.165) is 7.06 Å². The van der Waals surface area contributed by atoms with Gasteiger partial charge in [-0.05, 0) is 0 Å². The first-order valence-electron chi connectivity index (χ1n) is 5.90. The van der Waals surface area contributed by atoms with Crippen LogP contribution in [0.1, 0.15) is 6.92 Å². The van der Waals surface area contributed by atoms with E-state index in [-0.39, 0.29) is 5.97 Å². The molecule has 0 N–H and O–H groups in total. The smallest absolute Gasteiger partial charge is 0.289 e. The number of hydrogen-bond donors (Lipinski definition) is 0. The van der Waals surface area contributed by atoms with Gasteiger partial charge in [0.1, 0.15) is 7.06 Å². The summed E-state index contributed by atoms with van der Waals surface area (Å²) < 4.78 is 4.85. The Hall–Kier alpha value is 0.119. The molecule has 12 heteroatoms. The molecule has 0 saturated carbocycles. The van der Waals surface area contributed by atoms with Crippen LogP contribution in [0.3, 0.4) is 0 Å². The van der Waals surface area contributed by atoms with Gasteiger partial charge in [-0.25, -0.2) is 0 Å². The third kappa shape index (κ3) is 12.1. The number of carbonyl (C=O) groups is 1. The molecule has 0 rings (SSSR count). The number of rotatable bonds is 9. The van der Waals surface area contributed by atoms with Crippen molar-refractivity contribution in [1.29, 1.82) is 0 Å². The van der Waals surface area contributed by atoms with Gasteiger partial charge in [-0.3, -0.25) is 4.79 Å². The van der Waals surface area contributed by atoms with Crippen LogP contribution in [-0.4, -0.2) is 77.6 Å². The summed E-state index contributed by atoms with van der Waals surface area (Å²) in [5.74, 6) is -0.159. The summed E-state index contributed by atoms with van der Waals surface area (Å²) >= 11 is 0. The Morgan fingerprint density at radius 2 is 1.50 bits per heavy atom. The largest absolute Gasteiger partial charge is 0.549 e. The zero-order valence-corrected chi connectivity index (χ0v) is 9.68. The average molecular weight is 178 g/mol. The van der Waals surface area contributed by atoms with E-state index < -0.39 is 0 Å². The quantitative estimate of drug-likeness (QED) is 0.259. The number of hydrogen-bond acceptors (Lipinski definition) is 2. The summed E-state index contributed by atoms with van der Waals surface area (Å²) in [5.41, 5.74) is 0. The maximum atomic E-state index is 10.4. The van der Waals surface area contributed by atoms with E-state index in [9.17, 15) is 4.79 Å². The molecule has 0 aromatic heterocycles. The zero-order chi connectivity index (χ0) is 10.6. The van der Waals surface area contributed by atoms with Gasteiger partial charge >= 0.3 is 0 Å². The van der Waals surface area contributed by atoms with Crippen molar-refractivity contribution in [3.05, 3.63) is 0 Å². The zero-order valence-electron chi connectivity index (χ0n) is 9.68. The minimum atomic E-state index is -0.159. The predicted molar refractivity (Wildman–Crippen MR) is 84.7 cm³/mol. The monoisotopic (exact) mass is 180 g/mol. The van der Waals surface area contributed by atoms with Gasteiger partial charge in [-0.1, -0.05) is 0 Å². The van der Waals surface area contributed by atoms with Crippen LogP contribution in [0.4, 0.5) is 0 Å². The molecule has 0 aromatic carbocycles. The Bertz CT molecular complexity index is 140. The molecule has 0 spiro atoms. The maximum Gasteiger partial charge on any atom is 0.289 e. The molecule has 0 aliphatic heterocycles. The molecule has 2 nitrogen and oxygen atoms in total. The molecule has 0 bridgehead atoms. The second kappa shape index (κ2) is 11.2. The molecule has 0 heterocycles.